The van der Waals surface area contributed by atoms with Gasteiger partial charge < -0.3 is 5.32 Å². The molecule has 2 aromatic rings. The van der Waals surface area contributed by atoms with Gasteiger partial charge in [0.05, 0.1) is 11.5 Å². The first-order valence-electron chi connectivity index (χ1n) is 8.84. The summed E-state index contributed by atoms with van der Waals surface area (Å²) in [5.74, 6) is 0.244. The van der Waals surface area contributed by atoms with Gasteiger partial charge in [0, 0.05) is 15.7 Å². The van der Waals surface area contributed by atoms with Crippen LogP contribution in [0.5, 0.6) is 0 Å². The number of aliphatic imine (C=N–C) groups is 2. The average Bonchev–Trinajstić information content (AvgIpc) is 3.00. The lowest BCUT2D eigenvalue weighted by atomic mass is 10.1. The van der Waals surface area contributed by atoms with E-state index in [-0.39, 0.29) is 5.91 Å². The number of thioether (sulfide) groups is 1. The lowest BCUT2D eigenvalue weighted by Gasteiger charge is -2.13. The monoisotopic (exact) mass is 443 g/mol. The van der Waals surface area contributed by atoms with Crippen LogP contribution in [0.2, 0.25) is 0 Å². The van der Waals surface area contributed by atoms with Crippen LogP contribution in [0.1, 0.15) is 31.4 Å². The summed E-state index contributed by atoms with van der Waals surface area (Å²) in [4.78, 5) is 22.0. The van der Waals surface area contributed by atoms with Crippen molar-refractivity contribution in [2.45, 2.75) is 32.9 Å². The minimum absolute atomic E-state index is 0.0492. The number of carbonyl (C=O) groups excluding carboxylic acids is 1. The van der Waals surface area contributed by atoms with Crippen molar-refractivity contribution < 1.29 is 4.79 Å². The Kier molecular flexibility index (Phi) is 6.17. The van der Waals surface area contributed by atoms with Gasteiger partial charge in [-0.3, -0.25) is 9.79 Å². The summed E-state index contributed by atoms with van der Waals surface area (Å²) in [5, 5.41) is 3.75. The van der Waals surface area contributed by atoms with Gasteiger partial charge in [0.2, 0.25) is 5.91 Å². The first-order valence-corrected chi connectivity index (χ1v) is 10.6. The Balaban J connectivity index is 1.70. The molecule has 0 spiro atoms. The summed E-state index contributed by atoms with van der Waals surface area (Å²) < 4.78 is 1.02. The number of halogens is 1. The van der Waals surface area contributed by atoms with E-state index in [2.05, 4.69) is 28.2 Å². The Bertz CT molecular complexity index is 891. The fourth-order valence-electron chi connectivity index (χ4n) is 2.61. The molecule has 1 heterocycles. The highest BCUT2D eigenvalue weighted by atomic mass is 79.9. The molecule has 0 fully saturated rings. The Morgan fingerprint density at radius 3 is 2.41 bits per heavy atom. The largest absolute Gasteiger partial charge is 0.325 e. The number of hydrogen-bond acceptors (Lipinski definition) is 4. The average molecular weight is 444 g/mol. The van der Waals surface area contributed by atoms with E-state index in [1.807, 2.05) is 62.4 Å². The van der Waals surface area contributed by atoms with Crippen molar-refractivity contribution in [3.63, 3.8) is 0 Å². The highest BCUT2D eigenvalue weighted by molar-refractivity contribution is 9.10. The molecule has 1 N–H and O–H groups in total. The number of aryl methyl sites for hydroxylation is 1. The van der Waals surface area contributed by atoms with Crippen LogP contribution in [0.25, 0.3) is 0 Å². The van der Waals surface area contributed by atoms with Crippen LogP contribution in [-0.4, -0.2) is 28.1 Å². The van der Waals surface area contributed by atoms with Gasteiger partial charge in [-0.05, 0) is 44.5 Å². The first kappa shape index (κ1) is 19.8. The molecule has 4 nitrogen and oxygen atoms in total. The zero-order chi connectivity index (χ0) is 19.4. The number of benzene rings is 2. The smallest absolute Gasteiger partial charge is 0.234 e. The maximum Gasteiger partial charge on any atom is 0.234 e. The second-order valence-electron chi connectivity index (χ2n) is 6.66. The second kappa shape index (κ2) is 8.40. The highest BCUT2D eigenvalue weighted by Crippen LogP contribution is 2.30. The van der Waals surface area contributed by atoms with Crippen molar-refractivity contribution in [3.8, 4) is 0 Å². The summed E-state index contributed by atoms with van der Waals surface area (Å²) in [6.45, 7) is 6.11. The van der Waals surface area contributed by atoms with Crippen LogP contribution in [0, 0.1) is 6.92 Å². The van der Waals surface area contributed by atoms with Crippen molar-refractivity contribution >= 4 is 50.0 Å². The molecule has 0 aromatic heterocycles. The van der Waals surface area contributed by atoms with E-state index in [0.29, 0.717) is 5.75 Å². The molecule has 6 heteroatoms. The normalized spacial score (nSPS) is 18.8. The summed E-state index contributed by atoms with van der Waals surface area (Å²) in [6, 6.07) is 15.8. The summed E-state index contributed by atoms with van der Waals surface area (Å²) in [6.07, 6.45) is 0.812. The molecule has 3 rings (SSSR count). The van der Waals surface area contributed by atoms with Gasteiger partial charge in [-0.2, -0.15) is 0 Å². The molecule has 27 heavy (non-hydrogen) atoms. The SMILES string of the molecule is CC[C@@]1(C)N=C(SCC(=O)Nc2ccc(C)cc2)C(c2ccc(Br)cc2)=N1. The third-order valence-electron chi connectivity index (χ3n) is 4.36. The lowest BCUT2D eigenvalue weighted by molar-refractivity contribution is -0.113. The molecule has 0 radical (unpaired) electrons. The Morgan fingerprint density at radius 1 is 1.11 bits per heavy atom. The van der Waals surface area contributed by atoms with Crippen molar-refractivity contribution in [1.29, 1.82) is 0 Å². The molecule has 1 aliphatic heterocycles. The first-order chi connectivity index (χ1) is 12.9. The predicted molar refractivity (Wildman–Crippen MR) is 119 cm³/mol. The molecule has 0 bridgehead atoms. The molecule has 1 atom stereocenters. The Labute approximate surface area is 172 Å². The van der Waals surface area contributed by atoms with E-state index in [4.69, 9.17) is 9.98 Å². The van der Waals surface area contributed by atoms with E-state index in [1.165, 1.54) is 11.8 Å². The molecule has 140 valence electrons. The van der Waals surface area contributed by atoms with Gasteiger partial charge in [0.25, 0.3) is 0 Å². The maximum atomic E-state index is 12.3. The van der Waals surface area contributed by atoms with Crippen LogP contribution in [-0.2, 0) is 4.79 Å². The zero-order valence-electron chi connectivity index (χ0n) is 15.6. The van der Waals surface area contributed by atoms with Crippen molar-refractivity contribution in [3.05, 3.63) is 64.1 Å². The summed E-state index contributed by atoms with van der Waals surface area (Å²) >= 11 is 4.90. The van der Waals surface area contributed by atoms with Crippen LogP contribution < -0.4 is 5.32 Å². The maximum absolute atomic E-state index is 12.3. The minimum atomic E-state index is -0.460. The van der Waals surface area contributed by atoms with Gasteiger partial charge in [0.15, 0.2) is 0 Å². The topological polar surface area (TPSA) is 53.8 Å². The molecule has 2 aromatic carbocycles. The van der Waals surface area contributed by atoms with E-state index >= 15 is 0 Å². The van der Waals surface area contributed by atoms with Crippen LogP contribution in [0.4, 0.5) is 5.69 Å². The molecule has 1 aliphatic rings. The van der Waals surface area contributed by atoms with Crippen LogP contribution >= 0.6 is 27.7 Å². The quantitative estimate of drug-likeness (QED) is 0.666. The number of rotatable bonds is 5. The lowest BCUT2D eigenvalue weighted by Crippen LogP contribution is -2.17. The van der Waals surface area contributed by atoms with Gasteiger partial charge in [-0.1, -0.05) is 64.4 Å². The molecule has 0 saturated carbocycles. The minimum Gasteiger partial charge on any atom is -0.325 e. The standard InChI is InChI=1S/C21H22BrN3OS/c1-4-21(3)24-19(15-7-9-16(22)10-8-15)20(25-21)27-13-18(26)23-17-11-5-14(2)6-12-17/h5-12H,4,13H2,1-3H3,(H,23,26)/t21-/m1/s1. The Morgan fingerprint density at radius 2 is 1.78 bits per heavy atom. The fourth-order valence-corrected chi connectivity index (χ4v) is 3.77. The molecular formula is C21H22BrN3OS. The summed E-state index contributed by atoms with van der Waals surface area (Å²) in [5.41, 5.74) is 3.38. The van der Waals surface area contributed by atoms with E-state index in [1.54, 1.807) is 0 Å². The molecular weight excluding hydrogens is 422 g/mol. The van der Waals surface area contributed by atoms with Gasteiger partial charge >= 0.3 is 0 Å². The van der Waals surface area contributed by atoms with Crippen LogP contribution in [0.3, 0.4) is 0 Å². The number of anilines is 1. The number of carbonyl (C=O) groups is 1. The van der Waals surface area contributed by atoms with E-state index in [9.17, 15) is 4.79 Å². The Hall–Kier alpha value is -1.92. The van der Waals surface area contributed by atoms with E-state index < -0.39 is 5.66 Å². The molecule has 0 aliphatic carbocycles. The molecule has 1 amide bonds. The third-order valence-corrected chi connectivity index (χ3v) is 5.85. The van der Waals surface area contributed by atoms with Gasteiger partial charge in [-0.15, -0.1) is 0 Å². The number of hydrogen-bond donors (Lipinski definition) is 1. The fraction of sp³-hybridized carbons (Fsp3) is 0.286. The third kappa shape index (κ3) is 5.08. The van der Waals surface area contributed by atoms with E-state index in [0.717, 1.165) is 38.5 Å². The van der Waals surface area contributed by atoms with Crippen LogP contribution in [0.15, 0.2) is 63.0 Å². The predicted octanol–water partition coefficient (Wildman–Crippen LogP) is 5.46. The van der Waals surface area contributed by atoms with Crippen molar-refractivity contribution in [2.24, 2.45) is 9.98 Å². The molecule has 0 saturated heterocycles. The zero-order valence-corrected chi connectivity index (χ0v) is 18.0. The second-order valence-corrected chi connectivity index (χ2v) is 8.54. The number of nitrogens with zero attached hydrogens (tertiary/aromatic N) is 2. The molecule has 0 unspecified atom stereocenters. The number of nitrogens with one attached hydrogen (secondary N) is 1. The van der Waals surface area contributed by atoms with Crippen molar-refractivity contribution in [1.82, 2.24) is 0 Å². The van der Waals surface area contributed by atoms with Gasteiger partial charge in [0.1, 0.15) is 10.7 Å². The van der Waals surface area contributed by atoms with Gasteiger partial charge in [-0.25, -0.2) is 4.99 Å². The number of amides is 1. The van der Waals surface area contributed by atoms with Crippen molar-refractivity contribution in [2.75, 3.05) is 11.1 Å². The summed E-state index contributed by atoms with van der Waals surface area (Å²) in [7, 11) is 0. The highest BCUT2D eigenvalue weighted by Gasteiger charge is 2.31.